The van der Waals surface area contributed by atoms with E-state index >= 15 is 0 Å². The molecule has 0 aliphatic carbocycles. The molecule has 0 spiro atoms. The maximum atomic E-state index is 14.2. The molecule has 2 aromatic carbocycles. The average molecular weight is 365 g/mol. The summed E-state index contributed by atoms with van der Waals surface area (Å²) in [5.41, 5.74) is 0.896. The zero-order chi connectivity index (χ0) is 18.1. The van der Waals surface area contributed by atoms with Crippen molar-refractivity contribution in [2.24, 2.45) is 0 Å². The summed E-state index contributed by atoms with van der Waals surface area (Å²) < 4.78 is 41.7. The lowest BCUT2D eigenvalue weighted by Gasteiger charge is -2.14. The normalized spacial score (nSPS) is 10.9. The molecular formula is C18H12ClF3N2O. The van der Waals surface area contributed by atoms with E-state index in [0.717, 1.165) is 5.56 Å². The highest BCUT2D eigenvalue weighted by Crippen LogP contribution is 2.37. The molecule has 1 N–H and O–H groups in total. The minimum Gasteiger partial charge on any atom is -0.492 e. The number of benzene rings is 2. The van der Waals surface area contributed by atoms with E-state index in [1.54, 1.807) is 31.2 Å². The molecule has 0 radical (unpaired) electrons. The molecule has 128 valence electrons. The van der Waals surface area contributed by atoms with Crippen LogP contribution in [0.25, 0.3) is 11.1 Å². The van der Waals surface area contributed by atoms with E-state index in [1.807, 2.05) is 0 Å². The van der Waals surface area contributed by atoms with Crippen molar-refractivity contribution in [3.05, 3.63) is 75.7 Å². The molecule has 0 fully saturated rings. The van der Waals surface area contributed by atoms with Crippen LogP contribution in [0, 0.1) is 24.4 Å². The number of aryl methyl sites for hydroxylation is 1. The van der Waals surface area contributed by atoms with Gasteiger partial charge in [-0.1, -0.05) is 23.7 Å². The third kappa shape index (κ3) is 3.44. The minimum absolute atomic E-state index is 0.141. The Hall–Kier alpha value is -2.60. The standard InChI is InChI=1S/C18H12ClF3N2O/c1-9-13(6-10-2-4-11(19)5-3-10)16(18(25)24-23-9)17-14(21)7-12(20)8-15(17)22/h2-5,7-8H,6H2,1H3,(H,24,25). The second-order valence-electron chi connectivity index (χ2n) is 5.51. The first kappa shape index (κ1) is 17.2. The molecule has 25 heavy (non-hydrogen) atoms. The highest BCUT2D eigenvalue weighted by Gasteiger charge is 2.23. The Morgan fingerprint density at radius 1 is 0.960 bits per heavy atom. The van der Waals surface area contributed by atoms with Gasteiger partial charge in [0.1, 0.15) is 17.5 Å². The van der Waals surface area contributed by atoms with Gasteiger partial charge in [0, 0.05) is 23.6 Å². The monoisotopic (exact) mass is 364 g/mol. The van der Waals surface area contributed by atoms with Gasteiger partial charge in [-0.05, 0) is 30.2 Å². The summed E-state index contributed by atoms with van der Waals surface area (Å²) in [5.74, 6) is -3.93. The Balaban J connectivity index is 2.20. The summed E-state index contributed by atoms with van der Waals surface area (Å²) >= 11 is 5.86. The number of aromatic nitrogens is 2. The van der Waals surface area contributed by atoms with Gasteiger partial charge in [0.15, 0.2) is 0 Å². The fourth-order valence-electron chi connectivity index (χ4n) is 2.61. The van der Waals surface area contributed by atoms with Gasteiger partial charge in [0.2, 0.25) is 5.88 Å². The lowest BCUT2D eigenvalue weighted by molar-refractivity contribution is 0.444. The van der Waals surface area contributed by atoms with Crippen LogP contribution in [0.1, 0.15) is 16.8 Å². The zero-order valence-corrected chi connectivity index (χ0v) is 13.8. The molecule has 0 unspecified atom stereocenters. The van der Waals surface area contributed by atoms with Crippen LogP contribution >= 0.6 is 11.6 Å². The highest BCUT2D eigenvalue weighted by atomic mass is 35.5. The fraction of sp³-hybridized carbons (Fsp3) is 0.111. The lowest BCUT2D eigenvalue weighted by Crippen LogP contribution is -2.04. The number of nitrogens with zero attached hydrogens (tertiary/aromatic N) is 2. The molecule has 7 heteroatoms. The van der Waals surface area contributed by atoms with Gasteiger partial charge in [-0.3, -0.25) is 0 Å². The second kappa shape index (κ2) is 6.72. The molecule has 0 atom stereocenters. The first-order valence-electron chi connectivity index (χ1n) is 7.31. The largest absolute Gasteiger partial charge is 0.492 e. The van der Waals surface area contributed by atoms with Crippen LogP contribution < -0.4 is 0 Å². The first-order chi connectivity index (χ1) is 11.9. The first-order valence-corrected chi connectivity index (χ1v) is 7.69. The third-order valence-corrected chi connectivity index (χ3v) is 4.06. The Bertz CT molecular complexity index is 923. The van der Waals surface area contributed by atoms with Crippen LogP contribution in [0.15, 0.2) is 36.4 Å². The predicted molar refractivity (Wildman–Crippen MR) is 88.0 cm³/mol. The molecular weight excluding hydrogens is 353 g/mol. The van der Waals surface area contributed by atoms with Crippen molar-refractivity contribution in [3.8, 4) is 17.0 Å². The van der Waals surface area contributed by atoms with Crippen LogP contribution in [0.4, 0.5) is 13.2 Å². The number of rotatable bonds is 3. The summed E-state index contributed by atoms with van der Waals surface area (Å²) in [5, 5.41) is 18.0. The zero-order valence-electron chi connectivity index (χ0n) is 13.0. The van der Waals surface area contributed by atoms with Crippen LogP contribution in [0.2, 0.25) is 5.02 Å². The van der Waals surface area contributed by atoms with Gasteiger partial charge < -0.3 is 5.11 Å². The molecule has 0 aliphatic rings. The van der Waals surface area contributed by atoms with E-state index in [0.29, 0.717) is 28.4 Å². The number of hydrogen-bond donors (Lipinski definition) is 1. The van der Waals surface area contributed by atoms with Crippen molar-refractivity contribution in [2.75, 3.05) is 0 Å². The SMILES string of the molecule is Cc1nnc(O)c(-c2c(F)cc(F)cc2F)c1Cc1ccc(Cl)cc1. The van der Waals surface area contributed by atoms with Crippen molar-refractivity contribution in [1.82, 2.24) is 10.2 Å². The fourth-order valence-corrected chi connectivity index (χ4v) is 2.74. The van der Waals surface area contributed by atoms with Crippen LogP contribution in [-0.4, -0.2) is 15.3 Å². The summed E-state index contributed by atoms with van der Waals surface area (Å²) in [7, 11) is 0. The quantitative estimate of drug-likeness (QED) is 0.724. The van der Waals surface area contributed by atoms with E-state index in [9.17, 15) is 18.3 Å². The number of hydrogen-bond acceptors (Lipinski definition) is 3. The van der Waals surface area contributed by atoms with Crippen molar-refractivity contribution < 1.29 is 18.3 Å². The molecule has 1 aromatic heterocycles. The van der Waals surface area contributed by atoms with Gasteiger partial charge in [-0.2, -0.15) is 5.10 Å². The van der Waals surface area contributed by atoms with Gasteiger partial charge in [-0.15, -0.1) is 5.10 Å². The van der Waals surface area contributed by atoms with Crippen LogP contribution in [0.5, 0.6) is 5.88 Å². The molecule has 0 saturated heterocycles. The van der Waals surface area contributed by atoms with Crippen molar-refractivity contribution >= 4 is 11.6 Å². The van der Waals surface area contributed by atoms with Crippen LogP contribution in [0.3, 0.4) is 0 Å². The molecule has 0 amide bonds. The van der Waals surface area contributed by atoms with Crippen molar-refractivity contribution in [2.45, 2.75) is 13.3 Å². The topological polar surface area (TPSA) is 46.0 Å². The van der Waals surface area contributed by atoms with Gasteiger partial charge in [0.25, 0.3) is 0 Å². The van der Waals surface area contributed by atoms with Gasteiger partial charge in [-0.25, -0.2) is 13.2 Å². The van der Waals surface area contributed by atoms with Crippen molar-refractivity contribution in [3.63, 3.8) is 0 Å². The minimum atomic E-state index is -1.13. The maximum absolute atomic E-state index is 14.2. The lowest BCUT2D eigenvalue weighted by atomic mass is 9.94. The van der Waals surface area contributed by atoms with E-state index in [1.165, 1.54) is 0 Å². The van der Waals surface area contributed by atoms with Gasteiger partial charge in [0.05, 0.1) is 16.8 Å². The van der Waals surface area contributed by atoms with Gasteiger partial charge >= 0.3 is 0 Å². The maximum Gasteiger partial charge on any atom is 0.239 e. The van der Waals surface area contributed by atoms with Crippen molar-refractivity contribution in [1.29, 1.82) is 0 Å². The molecule has 3 aromatic rings. The van der Waals surface area contributed by atoms with E-state index in [-0.39, 0.29) is 12.0 Å². The number of aromatic hydroxyl groups is 1. The van der Waals surface area contributed by atoms with E-state index in [4.69, 9.17) is 11.6 Å². The van der Waals surface area contributed by atoms with E-state index in [2.05, 4.69) is 10.2 Å². The average Bonchev–Trinajstić information content (AvgIpc) is 2.54. The molecule has 0 aliphatic heterocycles. The summed E-state index contributed by atoms with van der Waals surface area (Å²) in [6.07, 6.45) is 0.234. The van der Waals surface area contributed by atoms with E-state index < -0.39 is 28.9 Å². The third-order valence-electron chi connectivity index (χ3n) is 3.81. The molecule has 3 nitrogen and oxygen atoms in total. The smallest absolute Gasteiger partial charge is 0.239 e. The second-order valence-corrected chi connectivity index (χ2v) is 5.95. The van der Waals surface area contributed by atoms with Crippen LogP contribution in [-0.2, 0) is 6.42 Å². The molecule has 3 rings (SSSR count). The summed E-state index contributed by atoms with van der Waals surface area (Å²) in [4.78, 5) is 0. The molecule has 0 saturated carbocycles. The Kier molecular flexibility index (Phi) is 4.63. The Morgan fingerprint density at radius 3 is 2.16 bits per heavy atom. The number of halogens is 4. The molecule has 1 heterocycles. The predicted octanol–water partition coefficient (Wildman–Crippen LogP) is 4.82. The Morgan fingerprint density at radius 2 is 1.56 bits per heavy atom. The summed E-state index contributed by atoms with van der Waals surface area (Å²) in [6.45, 7) is 1.61. The summed E-state index contributed by atoms with van der Waals surface area (Å²) in [6, 6.07) is 7.97. The Labute approximate surface area is 146 Å². The highest BCUT2D eigenvalue weighted by molar-refractivity contribution is 6.30. The molecule has 0 bridgehead atoms.